The van der Waals surface area contributed by atoms with E-state index in [4.69, 9.17) is 9.47 Å². The molecule has 78 valence electrons. The van der Waals surface area contributed by atoms with E-state index in [2.05, 4.69) is 21.6 Å². The topological polar surface area (TPSA) is 57.4 Å². The van der Waals surface area contributed by atoms with E-state index >= 15 is 0 Å². The minimum absolute atomic E-state index is 0.0983. The minimum atomic E-state index is -0.0983. The number of hydrogen-bond acceptors (Lipinski definition) is 5. The van der Waals surface area contributed by atoms with Gasteiger partial charge in [0.15, 0.2) is 5.82 Å². The largest absolute Gasteiger partial charge is 0.381 e. The second-order valence-corrected chi connectivity index (χ2v) is 3.70. The smallest absolute Gasteiger partial charge is 0.213 e. The first-order chi connectivity index (χ1) is 6.79. The van der Waals surface area contributed by atoms with Crippen LogP contribution in [0.15, 0.2) is 10.9 Å². The van der Waals surface area contributed by atoms with Gasteiger partial charge in [-0.3, -0.25) is 0 Å². The van der Waals surface area contributed by atoms with Crippen LogP contribution in [0.1, 0.15) is 25.6 Å². The summed E-state index contributed by atoms with van der Waals surface area (Å²) < 4.78 is 15.6. The van der Waals surface area contributed by atoms with Crippen LogP contribution >= 0.6 is 0 Å². The van der Waals surface area contributed by atoms with Crippen LogP contribution in [0.2, 0.25) is 0 Å². The van der Waals surface area contributed by atoms with Crippen LogP contribution in [0.5, 0.6) is 0 Å². The predicted molar refractivity (Wildman–Crippen MR) is 47.5 cm³/mol. The molecular formula is C9H14N2O3. The van der Waals surface area contributed by atoms with Crippen LogP contribution in [0.3, 0.4) is 0 Å². The van der Waals surface area contributed by atoms with Gasteiger partial charge in [0.1, 0.15) is 6.61 Å². The van der Waals surface area contributed by atoms with E-state index in [0.29, 0.717) is 12.4 Å². The summed E-state index contributed by atoms with van der Waals surface area (Å²) in [5.41, 5.74) is -0.0983. The average molecular weight is 198 g/mol. The quantitative estimate of drug-likeness (QED) is 0.729. The van der Waals surface area contributed by atoms with Gasteiger partial charge in [0.25, 0.3) is 0 Å². The third-order valence-electron chi connectivity index (χ3n) is 2.51. The first kappa shape index (κ1) is 9.61. The van der Waals surface area contributed by atoms with Crippen molar-refractivity contribution in [3.63, 3.8) is 0 Å². The van der Waals surface area contributed by atoms with Gasteiger partial charge in [0, 0.05) is 13.2 Å². The van der Waals surface area contributed by atoms with Crippen LogP contribution in [0.4, 0.5) is 0 Å². The van der Waals surface area contributed by atoms with Crippen LogP contribution < -0.4 is 0 Å². The Kier molecular flexibility index (Phi) is 2.79. The average Bonchev–Trinajstić information content (AvgIpc) is 2.69. The molecule has 0 unspecified atom stereocenters. The summed E-state index contributed by atoms with van der Waals surface area (Å²) in [6.07, 6.45) is 3.15. The molecule has 1 aromatic heterocycles. The van der Waals surface area contributed by atoms with E-state index in [9.17, 15) is 0 Å². The van der Waals surface area contributed by atoms with Gasteiger partial charge in [-0.05, 0) is 19.8 Å². The Hall–Kier alpha value is -0.940. The lowest BCUT2D eigenvalue weighted by Gasteiger charge is -2.33. The monoisotopic (exact) mass is 198 g/mol. The number of nitrogens with zero attached hydrogens (tertiary/aromatic N) is 2. The van der Waals surface area contributed by atoms with Crippen molar-refractivity contribution in [1.29, 1.82) is 0 Å². The fourth-order valence-corrected chi connectivity index (χ4v) is 1.44. The summed E-state index contributed by atoms with van der Waals surface area (Å²) in [4.78, 5) is 3.90. The maximum Gasteiger partial charge on any atom is 0.213 e. The van der Waals surface area contributed by atoms with Crippen molar-refractivity contribution >= 4 is 0 Å². The second kappa shape index (κ2) is 4.06. The van der Waals surface area contributed by atoms with E-state index in [1.54, 1.807) is 0 Å². The zero-order valence-corrected chi connectivity index (χ0v) is 8.23. The molecule has 0 N–H and O–H groups in total. The van der Waals surface area contributed by atoms with Gasteiger partial charge in [0.2, 0.25) is 6.39 Å². The first-order valence-electron chi connectivity index (χ1n) is 4.75. The molecule has 2 heterocycles. The van der Waals surface area contributed by atoms with Gasteiger partial charge in [-0.1, -0.05) is 5.16 Å². The number of ether oxygens (including phenoxy) is 2. The van der Waals surface area contributed by atoms with Crippen molar-refractivity contribution in [2.45, 2.75) is 32.0 Å². The summed E-state index contributed by atoms with van der Waals surface area (Å²) in [7, 11) is 0. The molecule has 0 atom stereocenters. The Bertz CT molecular complexity index is 268. The van der Waals surface area contributed by atoms with Gasteiger partial charge in [-0.2, -0.15) is 4.98 Å². The van der Waals surface area contributed by atoms with Gasteiger partial charge >= 0.3 is 0 Å². The summed E-state index contributed by atoms with van der Waals surface area (Å²) in [5, 5.41) is 3.69. The van der Waals surface area contributed by atoms with Crippen molar-refractivity contribution in [2.75, 3.05) is 13.2 Å². The maximum atomic E-state index is 5.75. The van der Waals surface area contributed by atoms with Crippen LogP contribution in [-0.4, -0.2) is 29.0 Å². The molecule has 2 rings (SSSR count). The molecule has 1 aliphatic rings. The molecule has 1 aliphatic heterocycles. The highest BCUT2D eigenvalue weighted by Crippen LogP contribution is 2.24. The molecule has 0 saturated carbocycles. The molecule has 0 aromatic carbocycles. The lowest BCUT2D eigenvalue weighted by molar-refractivity contribution is -0.109. The zero-order valence-electron chi connectivity index (χ0n) is 8.23. The predicted octanol–water partition coefficient (Wildman–Crippen LogP) is 1.16. The molecule has 0 spiro atoms. The molecular weight excluding hydrogens is 184 g/mol. The highest BCUT2D eigenvalue weighted by atomic mass is 16.5. The molecule has 5 heteroatoms. The fraction of sp³-hybridized carbons (Fsp3) is 0.778. The van der Waals surface area contributed by atoms with E-state index in [0.717, 1.165) is 26.1 Å². The summed E-state index contributed by atoms with van der Waals surface area (Å²) in [6, 6.07) is 0. The number of hydrogen-bond donors (Lipinski definition) is 0. The van der Waals surface area contributed by atoms with Crippen molar-refractivity contribution in [3.05, 3.63) is 12.2 Å². The zero-order chi connectivity index (χ0) is 9.86. The highest BCUT2D eigenvalue weighted by molar-refractivity contribution is 4.81. The number of aromatic nitrogens is 2. The van der Waals surface area contributed by atoms with Crippen molar-refractivity contribution in [2.24, 2.45) is 0 Å². The van der Waals surface area contributed by atoms with Crippen molar-refractivity contribution in [1.82, 2.24) is 10.1 Å². The Balaban J connectivity index is 1.84. The maximum absolute atomic E-state index is 5.75. The molecule has 1 aromatic rings. The summed E-state index contributed by atoms with van der Waals surface area (Å²) >= 11 is 0. The molecule has 1 saturated heterocycles. The third kappa shape index (κ3) is 2.30. The normalized spacial score (nSPS) is 20.9. The molecule has 0 radical (unpaired) electrons. The summed E-state index contributed by atoms with van der Waals surface area (Å²) in [5.74, 6) is 0.595. The Morgan fingerprint density at radius 3 is 2.93 bits per heavy atom. The molecule has 14 heavy (non-hydrogen) atoms. The van der Waals surface area contributed by atoms with Crippen LogP contribution in [0, 0.1) is 0 Å². The van der Waals surface area contributed by atoms with Gasteiger partial charge in [0.05, 0.1) is 5.60 Å². The highest BCUT2D eigenvalue weighted by Gasteiger charge is 2.28. The van der Waals surface area contributed by atoms with Gasteiger partial charge in [-0.15, -0.1) is 0 Å². The Labute approximate surface area is 82.4 Å². The Morgan fingerprint density at radius 1 is 1.50 bits per heavy atom. The van der Waals surface area contributed by atoms with Crippen molar-refractivity contribution in [3.8, 4) is 0 Å². The minimum Gasteiger partial charge on any atom is -0.381 e. The van der Waals surface area contributed by atoms with Crippen LogP contribution in [0.25, 0.3) is 0 Å². The van der Waals surface area contributed by atoms with Gasteiger partial charge < -0.3 is 14.0 Å². The SMILES string of the molecule is CC1(OCc2ncon2)CCOCC1. The standard InChI is InChI=1S/C9H14N2O3/c1-9(2-4-12-5-3-9)13-6-8-10-7-14-11-8/h7H,2-6H2,1H3. The second-order valence-electron chi connectivity index (χ2n) is 3.70. The van der Waals surface area contributed by atoms with E-state index in [-0.39, 0.29) is 5.60 Å². The van der Waals surface area contributed by atoms with E-state index in [1.807, 2.05) is 0 Å². The first-order valence-corrected chi connectivity index (χ1v) is 4.75. The third-order valence-corrected chi connectivity index (χ3v) is 2.51. The lowest BCUT2D eigenvalue weighted by Crippen LogP contribution is -2.35. The number of rotatable bonds is 3. The molecule has 0 amide bonds. The Morgan fingerprint density at radius 2 is 2.29 bits per heavy atom. The van der Waals surface area contributed by atoms with Crippen molar-refractivity contribution < 1.29 is 14.0 Å². The molecule has 5 nitrogen and oxygen atoms in total. The van der Waals surface area contributed by atoms with Gasteiger partial charge in [-0.25, -0.2) is 0 Å². The fourth-order valence-electron chi connectivity index (χ4n) is 1.44. The lowest BCUT2D eigenvalue weighted by atomic mass is 9.97. The van der Waals surface area contributed by atoms with E-state index < -0.39 is 0 Å². The molecule has 1 fully saturated rings. The molecule has 0 aliphatic carbocycles. The molecule has 0 bridgehead atoms. The summed E-state index contributed by atoms with van der Waals surface area (Å²) in [6.45, 7) is 4.04. The van der Waals surface area contributed by atoms with Crippen LogP contribution in [-0.2, 0) is 16.1 Å². The van der Waals surface area contributed by atoms with E-state index in [1.165, 1.54) is 6.39 Å².